The van der Waals surface area contributed by atoms with Gasteiger partial charge in [-0.1, -0.05) is 23.7 Å². The van der Waals surface area contributed by atoms with Gasteiger partial charge in [-0.3, -0.25) is 4.79 Å². The number of hydrogen-bond donors (Lipinski definition) is 1. The molecule has 0 aliphatic carbocycles. The van der Waals surface area contributed by atoms with Crippen molar-refractivity contribution in [2.45, 2.75) is 25.9 Å². The molecule has 1 amide bonds. The first-order valence-corrected chi connectivity index (χ1v) is 9.93. The van der Waals surface area contributed by atoms with Crippen molar-refractivity contribution in [1.82, 2.24) is 10.3 Å². The monoisotopic (exact) mass is 386 g/mol. The zero-order chi connectivity index (χ0) is 18.1. The van der Waals surface area contributed by atoms with Crippen LogP contribution >= 0.6 is 22.9 Å². The highest BCUT2D eigenvalue weighted by Gasteiger charge is 2.20. The number of nitrogens with one attached hydrogen (secondary N) is 1. The minimum atomic E-state index is -0.104. The smallest absolute Gasteiger partial charge is 0.252 e. The predicted molar refractivity (Wildman–Crippen MR) is 106 cm³/mol. The van der Waals surface area contributed by atoms with Crippen LogP contribution in [0.3, 0.4) is 0 Å². The number of hydrogen-bond acceptors (Lipinski definition) is 4. The summed E-state index contributed by atoms with van der Waals surface area (Å²) in [4.78, 5) is 18.7. The SMILES string of the molecule is Cc1c(Cl)ccc2c(C(=O)NC[C@@H]3CCCO3)cc(-c3cccs3)nc12. The summed E-state index contributed by atoms with van der Waals surface area (Å²) in [6.45, 7) is 3.24. The van der Waals surface area contributed by atoms with Crippen LogP contribution in [0.4, 0.5) is 0 Å². The maximum absolute atomic E-state index is 12.9. The summed E-state index contributed by atoms with van der Waals surface area (Å²) in [6.07, 6.45) is 2.16. The Morgan fingerprint density at radius 3 is 3.04 bits per heavy atom. The molecule has 0 unspecified atom stereocenters. The van der Waals surface area contributed by atoms with Gasteiger partial charge in [0.2, 0.25) is 0 Å². The van der Waals surface area contributed by atoms with E-state index >= 15 is 0 Å². The lowest BCUT2D eigenvalue weighted by Gasteiger charge is -2.14. The third-order valence-electron chi connectivity index (χ3n) is 4.70. The van der Waals surface area contributed by atoms with E-state index in [0.29, 0.717) is 17.1 Å². The molecule has 134 valence electrons. The standard InChI is InChI=1S/C20H19ClN2O2S/c1-12-16(21)7-6-14-15(20(24)22-11-13-4-2-8-25-13)10-17(23-19(12)14)18-5-3-9-26-18/h3,5-7,9-10,13H,2,4,8,11H2,1H3,(H,22,24)/t13-/m0/s1. The second kappa shape index (κ2) is 7.35. The maximum atomic E-state index is 12.9. The van der Waals surface area contributed by atoms with Crippen molar-refractivity contribution in [3.05, 3.63) is 51.9 Å². The van der Waals surface area contributed by atoms with Gasteiger partial charge in [0, 0.05) is 23.6 Å². The predicted octanol–water partition coefficient (Wildman–Crippen LogP) is 4.83. The molecule has 0 radical (unpaired) electrons. The highest BCUT2D eigenvalue weighted by atomic mass is 35.5. The second-order valence-electron chi connectivity index (χ2n) is 6.45. The molecule has 0 spiro atoms. The molecule has 1 N–H and O–H groups in total. The molecule has 1 aromatic carbocycles. The van der Waals surface area contributed by atoms with Crippen molar-refractivity contribution in [1.29, 1.82) is 0 Å². The van der Waals surface area contributed by atoms with Crippen molar-refractivity contribution >= 4 is 39.7 Å². The van der Waals surface area contributed by atoms with E-state index in [9.17, 15) is 4.79 Å². The maximum Gasteiger partial charge on any atom is 0.252 e. The molecule has 26 heavy (non-hydrogen) atoms. The minimum Gasteiger partial charge on any atom is -0.376 e. The van der Waals surface area contributed by atoms with Gasteiger partial charge in [0.05, 0.1) is 27.8 Å². The zero-order valence-electron chi connectivity index (χ0n) is 14.4. The molecule has 4 nitrogen and oxygen atoms in total. The normalized spacial score (nSPS) is 16.9. The van der Waals surface area contributed by atoms with E-state index in [1.54, 1.807) is 11.3 Å². The number of thiophene rings is 1. The number of amides is 1. The van der Waals surface area contributed by atoms with Gasteiger partial charge in [-0.15, -0.1) is 11.3 Å². The third-order valence-corrected chi connectivity index (χ3v) is 6.00. The Hall–Kier alpha value is -1.95. The number of halogens is 1. The van der Waals surface area contributed by atoms with Crippen molar-refractivity contribution in [2.24, 2.45) is 0 Å². The summed E-state index contributed by atoms with van der Waals surface area (Å²) in [6, 6.07) is 9.55. The average molecular weight is 387 g/mol. The van der Waals surface area contributed by atoms with Crippen molar-refractivity contribution in [2.75, 3.05) is 13.2 Å². The Morgan fingerprint density at radius 1 is 1.42 bits per heavy atom. The highest BCUT2D eigenvalue weighted by molar-refractivity contribution is 7.13. The number of benzene rings is 1. The van der Waals surface area contributed by atoms with Crippen LogP contribution in [-0.4, -0.2) is 30.1 Å². The molecule has 3 aromatic rings. The summed E-state index contributed by atoms with van der Waals surface area (Å²) in [5.74, 6) is -0.104. The number of rotatable bonds is 4. The molecular weight excluding hydrogens is 368 g/mol. The summed E-state index contributed by atoms with van der Waals surface area (Å²) in [7, 11) is 0. The molecule has 0 saturated carbocycles. The van der Waals surface area contributed by atoms with Crippen molar-refractivity contribution < 1.29 is 9.53 Å². The first kappa shape index (κ1) is 17.5. The Kier molecular flexibility index (Phi) is 4.94. The van der Waals surface area contributed by atoms with Crippen LogP contribution in [0.1, 0.15) is 28.8 Å². The van der Waals surface area contributed by atoms with E-state index in [1.807, 2.05) is 42.6 Å². The van der Waals surface area contributed by atoms with Crippen LogP contribution < -0.4 is 5.32 Å². The largest absolute Gasteiger partial charge is 0.376 e. The van der Waals surface area contributed by atoms with Crippen LogP contribution in [0.25, 0.3) is 21.5 Å². The summed E-state index contributed by atoms with van der Waals surface area (Å²) >= 11 is 7.89. The fourth-order valence-corrected chi connectivity index (χ4v) is 4.09. The van der Waals surface area contributed by atoms with Crippen molar-refractivity contribution in [3.8, 4) is 10.6 Å². The number of pyridine rings is 1. The lowest BCUT2D eigenvalue weighted by Crippen LogP contribution is -2.32. The van der Waals surface area contributed by atoms with E-state index in [0.717, 1.165) is 46.5 Å². The lowest BCUT2D eigenvalue weighted by molar-refractivity contribution is 0.0859. The van der Waals surface area contributed by atoms with Gasteiger partial charge in [-0.2, -0.15) is 0 Å². The molecule has 4 rings (SSSR count). The molecule has 1 aliphatic heterocycles. The fourth-order valence-electron chi connectivity index (χ4n) is 3.25. The zero-order valence-corrected chi connectivity index (χ0v) is 16.0. The quantitative estimate of drug-likeness (QED) is 0.698. The molecule has 2 aromatic heterocycles. The number of carbonyl (C=O) groups is 1. The van der Waals surface area contributed by atoms with Crippen LogP contribution in [0.2, 0.25) is 5.02 Å². The number of fused-ring (bicyclic) bond motifs is 1. The Labute approximate surface area is 161 Å². The third kappa shape index (κ3) is 3.34. The average Bonchev–Trinajstić information content (AvgIpc) is 3.36. The number of ether oxygens (including phenoxy) is 1. The fraction of sp³-hybridized carbons (Fsp3) is 0.300. The van der Waals surface area contributed by atoms with Crippen LogP contribution in [0, 0.1) is 6.92 Å². The summed E-state index contributed by atoms with van der Waals surface area (Å²) < 4.78 is 5.60. The molecule has 3 heterocycles. The Morgan fingerprint density at radius 2 is 2.31 bits per heavy atom. The minimum absolute atomic E-state index is 0.104. The van der Waals surface area contributed by atoms with Gasteiger partial charge < -0.3 is 10.1 Å². The molecule has 1 fully saturated rings. The molecule has 6 heteroatoms. The molecule has 0 bridgehead atoms. The van der Waals surface area contributed by atoms with E-state index < -0.39 is 0 Å². The lowest BCUT2D eigenvalue weighted by atomic mass is 10.0. The number of aromatic nitrogens is 1. The highest BCUT2D eigenvalue weighted by Crippen LogP contribution is 2.31. The van der Waals surface area contributed by atoms with Gasteiger partial charge in [0.15, 0.2) is 0 Å². The van der Waals surface area contributed by atoms with Gasteiger partial charge in [0.1, 0.15) is 0 Å². The van der Waals surface area contributed by atoms with Gasteiger partial charge in [-0.05, 0) is 48.9 Å². The summed E-state index contributed by atoms with van der Waals surface area (Å²) in [5.41, 5.74) is 3.07. The van der Waals surface area contributed by atoms with Gasteiger partial charge in [0.25, 0.3) is 5.91 Å². The van der Waals surface area contributed by atoms with Gasteiger partial charge >= 0.3 is 0 Å². The molecule has 1 atom stereocenters. The van der Waals surface area contributed by atoms with Crippen LogP contribution in [-0.2, 0) is 4.74 Å². The Balaban J connectivity index is 1.76. The van der Waals surface area contributed by atoms with Crippen LogP contribution in [0.15, 0.2) is 35.7 Å². The van der Waals surface area contributed by atoms with E-state index in [-0.39, 0.29) is 12.0 Å². The van der Waals surface area contributed by atoms with E-state index in [1.165, 1.54) is 0 Å². The van der Waals surface area contributed by atoms with Gasteiger partial charge in [-0.25, -0.2) is 4.98 Å². The van der Waals surface area contributed by atoms with Crippen molar-refractivity contribution in [3.63, 3.8) is 0 Å². The van der Waals surface area contributed by atoms with E-state index in [2.05, 4.69) is 5.32 Å². The van der Waals surface area contributed by atoms with Crippen LogP contribution in [0.5, 0.6) is 0 Å². The number of carbonyl (C=O) groups excluding carboxylic acids is 1. The number of aryl methyl sites for hydroxylation is 1. The summed E-state index contributed by atoms with van der Waals surface area (Å²) in [5, 5.41) is 6.49. The topological polar surface area (TPSA) is 51.2 Å². The molecular formula is C20H19ClN2O2S. The molecule has 1 aliphatic rings. The Bertz CT molecular complexity index is 950. The first-order chi connectivity index (χ1) is 12.6. The first-order valence-electron chi connectivity index (χ1n) is 8.67. The molecule has 1 saturated heterocycles. The number of nitrogens with zero attached hydrogens (tertiary/aromatic N) is 1. The van der Waals surface area contributed by atoms with E-state index in [4.69, 9.17) is 21.3 Å². The second-order valence-corrected chi connectivity index (χ2v) is 7.80.